The van der Waals surface area contributed by atoms with E-state index in [2.05, 4.69) is 24.1 Å². The fourth-order valence-corrected chi connectivity index (χ4v) is 3.35. The van der Waals surface area contributed by atoms with Gasteiger partial charge in [0.15, 0.2) is 0 Å². The molecule has 0 spiro atoms. The predicted octanol–water partition coefficient (Wildman–Crippen LogP) is 3.48. The second-order valence-electron chi connectivity index (χ2n) is 6.11. The summed E-state index contributed by atoms with van der Waals surface area (Å²) >= 11 is 6.09. The Kier molecular flexibility index (Phi) is 5.05. The first-order valence-corrected chi connectivity index (χ1v) is 7.70. The molecule has 1 unspecified atom stereocenters. The van der Waals surface area contributed by atoms with E-state index in [0.717, 1.165) is 25.1 Å². The molecule has 1 saturated heterocycles. The minimum atomic E-state index is -0.335. The molecule has 0 amide bonds. The van der Waals surface area contributed by atoms with E-state index in [-0.39, 0.29) is 22.4 Å². The lowest BCUT2D eigenvalue weighted by Gasteiger charge is -2.42. The molecule has 1 heterocycles. The van der Waals surface area contributed by atoms with Gasteiger partial charge >= 0.3 is 0 Å². The van der Waals surface area contributed by atoms with Gasteiger partial charge in [0.2, 0.25) is 0 Å². The van der Waals surface area contributed by atoms with Crippen LogP contribution in [0.4, 0.5) is 4.39 Å². The standard InChI is InChI=1S/C16H24ClFN2/c1-16(2,20-9-4-5-10-20)14(19-3)11-12-7-6-8-13(18)15(12)17/h6-8,14,19H,4-5,9-11H2,1-3H3. The van der Waals surface area contributed by atoms with Crippen molar-refractivity contribution in [2.24, 2.45) is 0 Å². The van der Waals surface area contributed by atoms with Crippen LogP contribution < -0.4 is 5.32 Å². The van der Waals surface area contributed by atoms with E-state index in [1.165, 1.54) is 18.9 Å². The minimum absolute atomic E-state index is 0.0287. The average molecular weight is 299 g/mol. The van der Waals surface area contributed by atoms with E-state index in [1.807, 2.05) is 13.1 Å². The summed E-state index contributed by atoms with van der Waals surface area (Å²) in [7, 11) is 1.97. The van der Waals surface area contributed by atoms with Crippen molar-refractivity contribution in [3.63, 3.8) is 0 Å². The van der Waals surface area contributed by atoms with Crippen molar-refractivity contribution >= 4 is 11.6 Å². The summed E-state index contributed by atoms with van der Waals surface area (Å²) in [5, 5.41) is 3.65. The molecule has 1 aliphatic rings. The summed E-state index contributed by atoms with van der Waals surface area (Å²) in [4.78, 5) is 2.52. The smallest absolute Gasteiger partial charge is 0.142 e. The molecule has 0 radical (unpaired) electrons. The van der Waals surface area contributed by atoms with Crippen molar-refractivity contribution in [1.29, 1.82) is 0 Å². The second-order valence-corrected chi connectivity index (χ2v) is 6.48. The Hall–Kier alpha value is -0.640. The molecule has 0 aromatic heterocycles. The summed E-state index contributed by atoms with van der Waals surface area (Å²) in [6.07, 6.45) is 3.26. The quantitative estimate of drug-likeness (QED) is 0.895. The highest BCUT2D eigenvalue weighted by molar-refractivity contribution is 6.31. The molecule has 112 valence electrons. The first kappa shape index (κ1) is 15.7. The third-order valence-corrected chi connectivity index (χ3v) is 5.00. The van der Waals surface area contributed by atoms with E-state index in [4.69, 9.17) is 11.6 Å². The van der Waals surface area contributed by atoms with Crippen LogP contribution in [-0.4, -0.2) is 36.6 Å². The van der Waals surface area contributed by atoms with Gasteiger partial charge in [-0.15, -0.1) is 0 Å². The molecule has 1 aromatic carbocycles. The Morgan fingerprint density at radius 1 is 1.35 bits per heavy atom. The normalized spacial score (nSPS) is 18.4. The van der Waals surface area contributed by atoms with Crippen molar-refractivity contribution in [3.8, 4) is 0 Å². The fraction of sp³-hybridized carbons (Fsp3) is 0.625. The molecule has 0 saturated carbocycles. The van der Waals surface area contributed by atoms with Gasteiger partial charge in [0.25, 0.3) is 0 Å². The van der Waals surface area contributed by atoms with Gasteiger partial charge in [0, 0.05) is 11.6 Å². The first-order valence-electron chi connectivity index (χ1n) is 7.32. The zero-order chi connectivity index (χ0) is 14.8. The average Bonchev–Trinajstić information content (AvgIpc) is 2.95. The molecule has 0 aliphatic carbocycles. The van der Waals surface area contributed by atoms with E-state index in [0.29, 0.717) is 0 Å². The Labute approximate surface area is 126 Å². The van der Waals surface area contributed by atoms with E-state index in [9.17, 15) is 4.39 Å². The van der Waals surface area contributed by atoms with Crippen LogP contribution in [0.25, 0.3) is 0 Å². The highest BCUT2D eigenvalue weighted by atomic mass is 35.5. The molecular formula is C16H24ClFN2. The van der Waals surface area contributed by atoms with Crippen molar-refractivity contribution in [1.82, 2.24) is 10.2 Å². The number of hydrogen-bond donors (Lipinski definition) is 1. The molecule has 1 fully saturated rings. The molecule has 0 bridgehead atoms. The largest absolute Gasteiger partial charge is 0.315 e. The molecule has 4 heteroatoms. The SMILES string of the molecule is CNC(Cc1cccc(F)c1Cl)C(C)(C)N1CCCC1. The number of nitrogens with one attached hydrogen (secondary N) is 1. The zero-order valence-corrected chi connectivity index (χ0v) is 13.3. The third-order valence-electron chi connectivity index (χ3n) is 4.58. The lowest BCUT2D eigenvalue weighted by molar-refractivity contribution is 0.110. The highest BCUT2D eigenvalue weighted by Crippen LogP contribution is 2.28. The molecular weight excluding hydrogens is 275 g/mol. The van der Waals surface area contributed by atoms with Crippen LogP contribution in [0.5, 0.6) is 0 Å². The van der Waals surface area contributed by atoms with Gasteiger partial charge in [-0.2, -0.15) is 0 Å². The topological polar surface area (TPSA) is 15.3 Å². The summed E-state index contributed by atoms with van der Waals surface area (Å²) in [5.41, 5.74) is 0.902. The Bertz CT molecular complexity index is 456. The maximum absolute atomic E-state index is 13.6. The number of likely N-dealkylation sites (tertiary alicyclic amines) is 1. The molecule has 1 N–H and O–H groups in total. The number of hydrogen-bond acceptors (Lipinski definition) is 2. The molecule has 2 nitrogen and oxygen atoms in total. The summed E-state index contributed by atoms with van der Waals surface area (Å²) < 4.78 is 13.6. The second kappa shape index (κ2) is 6.42. The van der Waals surface area contributed by atoms with Crippen LogP contribution >= 0.6 is 11.6 Å². The highest BCUT2D eigenvalue weighted by Gasteiger charge is 2.36. The Morgan fingerprint density at radius 2 is 2.00 bits per heavy atom. The van der Waals surface area contributed by atoms with Gasteiger partial charge in [-0.05, 0) is 64.9 Å². The van der Waals surface area contributed by atoms with Crippen LogP contribution in [0.15, 0.2) is 18.2 Å². The summed E-state index contributed by atoms with van der Waals surface area (Å²) in [6, 6.07) is 5.29. The van der Waals surface area contributed by atoms with Crippen molar-refractivity contribution in [3.05, 3.63) is 34.6 Å². The number of likely N-dealkylation sites (N-methyl/N-ethyl adjacent to an activating group) is 1. The number of benzene rings is 1. The van der Waals surface area contributed by atoms with Gasteiger partial charge in [0.1, 0.15) is 5.82 Å². The first-order chi connectivity index (χ1) is 9.46. The van der Waals surface area contributed by atoms with Crippen molar-refractivity contribution in [2.75, 3.05) is 20.1 Å². The third kappa shape index (κ3) is 3.16. The summed E-state index contributed by atoms with van der Waals surface area (Å²) in [6.45, 7) is 6.80. The van der Waals surface area contributed by atoms with Gasteiger partial charge in [-0.1, -0.05) is 23.7 Å². The van der Waals surface area contributed by atoms with Crippen LogP contribution in [0, 0.1) is 5.82 Å². The summed E-state index contributed by atoms with van der Waals surface area (Å²) in [5.74, 6) is -0.335. The minimum Gasteiger partial charge on any atom is -0.315 e. The zero-order valence-electron chi connectivity index (χ0n) is 12.5. The maximum Gasteiger partial charge on any atom is 0.142 e. The lowest BCUT2D eigenvalue weighted by atomic mass is 9.87. The molecule has 2 rings (SSSR count). The van der Waals surface area contributed by atoms with Crippen molar-refractivity contribution < 1.29 is 4.39 Å². The Balaban J connectivity index is 2.17. The maximum atomic E-state index is 13.6. The van der Waals surface area contributed by atoms with Gasteiger partial charge in [-0.25, -0.2) is 4.39 Å². The van der Waals surface area contributed by atoms with E-state index < -0.39 is 0 Å². The van der Waals surface area contributed by atoms with Gasteiger partial charge < -0.3 is 5.32 Å². The monoisotopic (exact) mass is 298 g/mol. The number of rotatable bonds is 5. The molecule has 1 aliphatic heterocycles. The van der Waals surface area contributed by atoms with Crippen molar-refractivity contribution in [2.45, 2.75) is 44.7 Å². The van der Waals surface area contributed by atoms with Gasteiger partial charge in [-0.3, -0.25) is 4.90 Å². The van der Waals surface area contributed by atoms with Crippen LogP contribution in [0.3, 0.4) is 0 Å². The fourth-order valence-electron chi connectivity index (χ4n) is 3.14. The molecule has 1 aromatic rings. The van der Waals surface area contributed by atoms with Crippen LogP contribution in [0.1, 0.15) is 32.3 Å². The Morgan fingerprint density at radius 3 is 2.60 bits per heavy atom. The van der Waals surface area contributed by atoms with Crippen LogP contribution in [-0.2, 0) is 6.42 Å². The molecule has 1 atom stereocenters. The lowest BCUT2D eigenvalue weighted by Crippen LogP contribution is -2.57. The van der Waals surface area contributed by atoms with Crippen LogP contribution in [0.2, 0.25) is 5.02 Å². The predicted molar refractivity (Wildman–Crippen MR) is 82.8 cm³/mol. The molecule has 20 heavy (non-hydrogen) atoms. The van der Waals surface area contributed by atoms with E-state index >= 15 is 0 Å². The number of nitrogens with zero attached hydrogens (tertiary/aromatic N) is 1. The number of halogens is 2. The van der Waals surface area contributed by atoms with E-state index in [1.54, 1.807) is 6.07 Å². The van der Waals surface area contributed by atoms with Gasteiger partial charge in [0.05, 0.1) is 5.02 Å².